The largest absolute Gasteiger partial charge is 0.451 e. The van der Waals surface area contributed by atoms with Crippen molar-refractivity contribution in [1.29, 1.82) is 0 Å². The summed E-state index contributed by atoms with van der Waals surface area (Å²) in [7, 11) is 0. The summed E-state index contributed by atoms with van der Waals surface area (Å²) < 4.78 is 7.36. The number of rotatable bonds is 5. The van der Waals surface area contributed by atoms with E-state index in [1.807, 2.05) is 18.5 Å². The molecule has 0 spiro atoms. The summed E-state index contributed by atoms with van der Waals surface area (Å²) in [5.74, 6) is 1.63. The highest BCUT2D eigenvalue weighted by Crippen LogP contribution is 2.59. The van der Waals surface area contributed by atoms with E-state index in [0.29, 0.717) is 0 Å². The van der Waals surface area contributed by atoms with Gasteiger partial charge in [-0.3, -0.25) is 4.98 Å². The minimum atomic E-state index is -0.677. The summed E-state index contributed by atoms with van der Waals surface area (Å²) in [5.41, 5.74) is 16.5. The number of hydrogen-bond donors (Lipinski definition) is 0. The van der Waals surface area contributed by atoms with E-state index in [0.717, 1.165) is 56.8 Å². The molecule has 3 aliphatic rings. The summed E-state index contributed by atoms with van der Waals surface area (Å²) in [6, 6.07) is 74.9. The molecule has 0 amide bonds. The molecule has 0 radical (unpaired) electrons. The van der Waals surface area contributed by atoms with Crippen LogP contribution in [0, 0.1) is 0 Å². The van der Waals surface area contributed by atoms with Gasteiger partial charge in [0, 0.05) is 35.0 Å². The zero-order valence-electron chi connectivity index (χ0n) is 32.1. The zero-order valence-corrected chi connectivity index (χ0v) is 32.1. The van der Waals surface area contributed by atoms with Gasteiger partial charge in [-0.25, -0.2) is 0 Å². The van der Waals surface area contributed by atoms with Gasteiger partial charge in [-0.2, -0.15) is 0 Å². The maximum Gasteiger partial charge on any atom is 0.247 e. The smallest absolute Gasteiger partial charge is 0.247 e. The van der Waals surface area contributed by atoms with E-state index >= 15 is 0 Å². The molecule has 0 N–H and O–H groups in total. The van der Waals surface area contributed by atoms with Crippen LogP contribution in [0.1, 0.15) is 22.3 Å². The van der Waals surface area contributed by atoms with Crippen LogP contribution < -0.4 is 30.9 Å². The molecule has 4 nitrogen and oxygen atoms in total. The number of ether oxygens (including phenoxy) is 1. The highest BCUT2D eigenvalue weighted by Gasteiger charge is 2.53. The first-order valence-electron chi connectivity index (χ1n) is 20.2. The average Bonchev–Trinajstić information content (AvgIpc) is 3.32. The van der Waals surface area contributed by atoms with Crippen LogP contribution in [-0.2, 0) is 5.41 Å². The molecule has 1 aromatic heterocycles. The maximum absolute atomic E-state index is 7.36. The fourth-order valence-corrected chi connectivity index (χ4v) is 10.1. The topological polar surface area (TPSA) is 28.6 Å². The summed E-state index contributed by atoms with van der Waals surface area (Å²) in [6.07, 6.45) is 3.76. The monoisotopic (exact) mass is 753 g/mol. The Morgan fingerprint density at radius 2 is 1.08 bits per heavy atom. The van der Waals surface area contributed by atoms with Crippen LogP contribution in [0.2, 0.25) is 0 Å². The summed E-state index contributed by atoms with van der Waals surface area (Å²) in [6.45, 7) is -0.0543. The van der Waals surface area contributed by atoms with Crippen molar-refractivity contribution in [3.63, 3.8) is 0 Å². The Bertz CT molecular complexity index is 3010. The van der Waals surface area contributed by atoms with Crippen LogP contribution in [-0.4, -0.2) is 11.7 Å². The van der Waals surface area contributed by atoms with Gasteiger partial charge in [-0.15, -0.1) is 0 Å². The first-order chi connectivity index (χ1) is 29.3. The molecule has 9 aromatic rings. The van der Waals surface area contributed by atoms with E-state index in [1.54, 1.807) is 0 Å². The van der Waals surface area contributed by atoms with Gasteiger partial charge in [0.2, 0.25) is 6.71 Å². The van der Waals surface area contributed by atoms with Crippen molar-refractivity contribution in [2.45, 2.75) is 5.41 Å². The molecule has 0 saturated heterocycles. The fourth-order valence-electron chi connectivity index (χ4n) is 10.1. The molecular weight excluding hydrogens is 717 g/mol. The van der Waals surface area contributed by atoms with Crippen LogP contribution in [0.3, 0.4) is 0 Å². The Morgan fingerprint density at radius 3 is 1.83 bits per heavy atom. The van der Waals surface area contributed by atoms with E-state index in [4.69, 9.17) is 4.74 Å². The zero-order chi connectivity index (χ0) is 38.9. The molecule has 5 heteroatoms. The average molecular weight is 754 g/mol. The van der Waals surface area contributed by atoms with Crippen molar-refractivity contribution < 1.29 is 4.74 Å². The van der Waals surface area contributed by atoms with Gasteiger partial charge in [-0.1, -0.05) is 157 Å². The third kappa shape index (κ3) is 4.88. The number of pyridine rings is 1. The van der Waals surface area contributed by atoms with Crippen molar-refractivity contribution >= 4 is 57.2 Å². The summed E-state index contributed by atoms with van der Waals surface area (Å²) in [4.78, 5) is 9.33. The van der Waals surface area contributed by atoms with Gasteiger partial charge in [0.25, 0.3) is 0 Å². The van der Waals surface area contributed by atoms with Crippen LogP contribution >= 0.6 is 0 Å². The molecule has 276 valence electrons. The molecule has 0 atom stereocenters. The Labute approximate surface area is 344 Å². The fraction of sp³-hybridized carbons (Fsp3) is 0.0185. The molecule has 0 aliphatic carbocycles. The van der Waals surface area contributed by atoms with Gasteiger partial charge in [0.1, 0.15) is 0 Å². The Kier molecular flexibility index (Phi) is 7.51. The lowest BCUT2D eigenvalue weighted by molar-refractivity contribution is 0.478. The maximum atomic E-state index is 7.36. The molecule has 3 aliphatic heterocycles. The van der Waals surface area contributed by atoms with E-state index in [-0.39, 0.29) is 6.71 Å². The van der Waals surface area contributed by atoms with Crippen LogP contribution in [0.15, 0.2) is 219 Å². The molecule has 0 unspecified atom stereocenters. The third-order valence-corrected chi connectivity index (χ3v) is 12.4. The lowest BCUT2D eigenvalue weighted by atomic mass is 9.29. The number of aromatic nitrogens is 1. The molecule has 0 fully saturated rings. The first-order valence-corrected chi connectivity index (χ1v) is 20.2. The van der Waals surface area contributed by atoms with Crippen molar-refractivity contribution in [3.05, 3.63) is 241 Å². The normalized spacial score (nSPS) is 13.9. The SMILES string of the molecule is c1ccc(N2c3ccccc3B3c4ccccc4C(c4ccccc4)(c4ccccc4)c4cc5c(c2c43)Oc2ccccc2N5c2cccc(-c3cccnc3)c2)cc1. The van der Waals surface area contributed by atoms with E-state index in [1.165, 1.54) is 38.6 Å². The molecule has 59 heavy (non-hydrogen) atoms. The van der Waals surface area contributed by atoms with Crippen molar-refractivity contribution in [3.8, 4) is 22.6 Å². The van der Waals surface area contributed by atoms with E-state index in [9.17, 15) is 0 Å². The van der Waals surface area contributed by atoms with Gasteiger partial charge in [-0.05, 0) is 93.3 Å². The van der Waals surface area contributed by atoms with Gasteiger partial charge < -0.3 is 14.5 Å². The number of fused-ring (bicyclic) bond motifs is 7. The quantitative estimate of drug-likeness (QED) is 0.164. The number of anilines is 6. The Morgan fingerprint density at radius 1 is 0.458 bits per heavy atom. The van der Waals surface area contributed by atoms with Crippen LogP contribution in [0.4, 0.5) is 34.1 Å². The predicted molar refractivity (Wildman–Crippen MR) is 242 cm³/mol. The minimum absolute atomic E-state index is 0.0543. The van der Waals surface area contributed by atoms with Crippen molar-refractivity contribution in [2.24, 2.45) is 0 Å². The van der Waals surface area contributed by atoms with Crippen molar-refractivity contribution in [1.82, 2.24) is 4.98 Å². The highest BCUT2D eigenvalue weighted by atomic mass is 16.5. The number of para-hydroxylation sites is 4. The summed E-state index contributed by atoms with van der Waals surface area (Å²) >= 11 is 0. The highest BCUT2D eigenvalue weighted by molar-refractivity contribution is 6.99. The second-order valence-corrected chi connectivity index (χ2v) is 15.5. The third-order valence-electron chi connectivity index (χ3n) is 12.4. The van der Waals surface area contributed by atoms with E-state index in [2.05, 4.69) is 215 Å². The Balaban J connectivity index is 1.27. The lowest BCUT2D eigenvalue weighted by Crippen LogP contribution is -2.65. The lowest BCUT2D eigenvalue weighted by Gasteiger charge is -2.50. The first kappa shape index (κ1) is 33.5. The minimum Gasteiger partial charge on any atom is -0.451 e. The van der Waals surface area contributed by atoms with E-state index < -0.39 is 5.41 Å². The standard InChI is InChI=1S/C54H36BN3O/c1-4-20-39(21-5-1)54(40-22-6-2-7-23-40)43-27-10-11-28-45(43)55-46-29-12-13-30-47(46)58(41-24-8-3-9-25-41)52-51(55)44(54)35-49-53(52)59-50-32-15-14-31-48(50)57(49)42-26-16-18-37(34-42)38-19-17-33-56-36-38/h1-36H. The van der Waals surface area contributed by atoms with Gasteiger partial charge in [0.05, 0.1) is 22.5 Å². The van der Waals surface area contributed by atoms with Crippen molar-refractivity contribution in [2.75, 3.05) is 9.80 Å². The van der Waals surface area contributed by atoms with Crippen LogP contribution in [0.5, 0.6) is 11.5 Å². The molecule has 8 aromatic carbocycles. The second kappa shape index (κ2) is 13.2. The molecule has 12 rings (SSSR count). The Hall–Kier alpha value is -7.63. The van der Waals surface area contributed by atoms with Crippen LogP contribution in [0.25, 0.3) is 11.1 Å². The summed E-state index contributed by atoms with van der Waals surface area (Å²) in [5, 5.41) is 0. The molecule has 0 saturated carbocycles. The predicted octanol–water partition coefficient (Wildman–Crippen LogP) is 11.3. The second-order valence-electron chi connectivity index (χ2n) is 15.5. The van der Waals surface area contributed by atoms with Gasteiger partial charge >= 0.3 is 0 Å². The molecule has 4 heterocycles. The molecular formula is C54H36BN3O. The number of benzene rings is 8. The number of hydrogen-bond acceptors (Lipinski definition) is 4. The van der Waals surface area contributed by atoms with Gasteiger partial charge in [0.15, 0.2) is 11.5 Å². The number of nitrogens with zero attached hydrogens (tertiary/aromatic N) is 3. The molecule has 0 bridgehead atoms.